The minimum atomic E-state index is -0.265. The zero-order valence-electron chi connectivity index (χ0n) is 12.1. The van der Waals surface area contributed by atoms with Crippen LogP contribution in [-0.4, -0.2) is 19.3 Å². The molecule has 2 nitrogen and oxygen atoms in total. The van der Waals surface area contributed by atoms with Crippen LogP contribution in [0.5, 0.6) is 0 Å². The molecule has 0 heterocycles. The third-order valence-electron chi connectivity index (χ3n) is 3.60. The number of hydrogen-bond acceptors (Lipinski definition) is 2. The van der Waals surface area contributed by atoms with E-state index in [0.717, 1.165) is 19.3 Å². The molecule has 0 unspecified atom stereocenters. The summed E-state index contributed by atoms with van der Waals surface area (Å²) in [5.74, 6) is 0. The Bertz CT molecular complexity index is 454. The molecule has 0 radical (unpaired) electrons. The van der Waals surface area contributed by atoms with Gasteiger partial charge >= 0.3 is 0 Å². The van der Waals surface area contributed by atoms with Crippen molar-refractivity contribution in [2.24, 2.45) is 5.73 Å². The molecule has 2 aromatic carbocycles. The molecule has 2 aromatic rings. The second-order valence-electron chi connectivity index (χ2n) is 5.43. The predicted molar refractivity (Wildman–Crippen MR) is 83.7 cm³/mol. The highest BCUT2D eigenvalue weighted by molar-refractivity contribution is 5.22. The molecule has 2 N–H and O–H groups in total. The van der Waals surface area contributed by atoms with Gasteiger partial charge in [-0.05, 0) is 30.4 Å². The van der Waals surface area contributed by atoms with Gasteiger partial charge in [-0.15, -0.1) is 0 Å². The summed E-state index contributed by atoms with van der Waals surface area (Å²) in [6, 6.07) is 20.9. The maximum absolute atomic E-state index is 6.67. The SMILES string of the molecule is COCCC(N)(Cc1ccccc1)Cc1ccccc1. The van der Waals surface area contributed by atoms with E-state index in [1.807, 2.05) is 12.1 Å². The fraction of sp³-hybridized carbons (Fsp3) is 0.333. The van der Waals surface area contributed by atoms with Gasteiger partial charge in [0, 0.05) is 19.3 Å². The van der Waals surface area contributed by atoms with Gasteiger partial charge in [0.15, 0.2) is 0 Å². The number of hydrogen-bond donors (Lipinski definition) is 1. The first-order valence-electron chi connectivity index (χ1n) is 7.07. The normalized spacial score (nSPS) is 11.5. The molecular weight excluding hydrogens is 246 g/mol. The van der Waals surface area contributed by atoms with Crippen LogP contribution in [-0.2, 0) is 17.6 Å². The second kappa shape index (κ2) is 7.22. The van der Waals surface area contributed by atoms with E-state index in [9.17, 15) is 0 Å². The van der Waals surface area contributed by atoms with Crippen molar-refractivity contribution in [3.63, 3.8) is 0 Å². The summed E-state index contributed by atoms with van der Waals surface area (Å²) < 4.78 is 5.23. The van der Waals surface area contributed by atoms with Gasteiger partial charge in [0.25, 0.3) is 0 Å². The lowest BCUT2D eigenvalue weighted by Gasteiger charge is -2.30. The Morgan fingerprint density at radius 1 is 0.850 bits per heavy atom. The van der Waals surface area contributed by atoms with Crippen molar-refractivity contribution in [2.75, 3.05) is 13.7 Å². The third kappa shape index (κ3) is 4.48. The van der Waals surface area contributed by atoms with Gasteiger partial charge in [0.2, 0.25) is 0 Å². The molecule has 0 aromatic heterocycles. The second-order valence-corrected chi connectivity index (χ2v) is 5.43. The lowest BCUT2D eigenvalue weighted by Crippen LogP contribution is -2.45. The van der Waals surface area contributed by atoms with Gasteiger partial charge in [-0.2, -0.15) is 0 Å². The van der Waals surface area contributed by atoms with Crippen molar-refractivity contribution >= 4 is 0 Å². The van der Waals surface area contributed by atoms with Crippen molar-refractivity contribution < 1.29 is 4.74 Å². The molecule has 0 saturated heterocycles. The van der Waals surface area contributed by atoms with E-state index >= 15 is 0 Å². The largest absolute Gasteiger partial charge is 0.385 e. The number of rotatable bonds is 7. The summed E-state index contributed by atoms with van der Waals surface area (Å²) >= 11 is 0. The molecule has 0 aliphatic rings. The van der Waals surface area contributed by atoms with Crippen molar-refractivity contribution in [3.8, 4) is 0 Å². The zero-order valence-corrected chi connectivity index (χ0v) is 12.1. The van der Waals surface area contributed by atoms with Gasteiger partial charge in [-0.3, -0.25) is 0 Å². The maximum Gasteiger partial charge on any atom is 0.0479 e. The van der Waals surface area contributed by atoms with Crippen LogP contribution in [0.1, 0.15) is 17.5 Å². The smallest absolute Gasteiger partial charge is 0.0479 e. The fourth-order valence-corrected chi connectivity index (χ4v) is 2.55. The highest BCUT2D eigenvalue weighted by atomic mass is 16.5. The zero-order chi connectivity index (χ0) is 14.3. The quantitative estimate of drug-likeness (QED) is 0.837. The molecule has 0 fully saturated rings. The van der Waals surface area contributed by atoms with Crippen molar-refractivity contribution in [1.29, 1.82) is 0 Å². The topological polar surface area (TPSA) is 35.2 Å². The molecule has 2 rings (SSSR count). The van der Waals surface area contributed by atoms with Gasteiger partial charge in [-0.25, -0.2) is 0 Å². The summed E-state index contributed by atoms with van der Waals surface area (Å²) in [6.45, 7) is 0.691. The van der Waals surface area contributed by atoms with Gasteiger partial charge in [0.05, 0.1) is 0 Å². The van der Waals surface area contributed by atoms with Crippen molar-refractivity contribution in [1.82, 2.24) is 0 Å². The molecular formula is C18H23NO. The lowest BCUT2D eigenvalue weighted by molar-refractivity contribution is 0.167. The van der Waals surface area contributed by atoms with Crippen LogP contribution in [0.4, 0.5) is 0 Å². The van der Waals surface area contributed by atoms with Crippen LogP contribution in [0.3, 0.4) is 0 Å². The summed E-state index contributed by atoms with van der Waals surface area (Å²) in [5.41, 5.74) is 8.96. The van der Waals surface area contributed by atoms with E-state index < -0.39 is 0 Å². The average Bonchev–Trinajstić information content (AvgIpc) is 2.47. The summed E-state index contributed by atoms with van der Waals surface area (Å²) in [7, 11) is 1.73. The summed E-state index contributed by atoms with van der Waals surface area (Å²) in [6.07, 6.45) is 2.59. The Kier molecular flexibility index (Phi) is 5.33. The molecule has 2 heteroatoms. The van der Waals surface area contributed by atoms with Crippen molar-refractivity contribution in [3.05, 3.63) is 71.8 Å². The first kappa shape index (κ1) is 14.8. The standard InChI is InChI=1S/C18H23NO/c1-20-13-12-18(19,14-16-8-4-2-5-9-16)15-17-10-6-3-7-11-17/h2-11H,12-15,19H2,1H3. The van der Waals surface area contributed by atoms with E-state index in [1.165, 1.54) is 11.1 Å². The third-order valence-corrected chi connectivity index (χ3v) is 3.60. The molecule has 0 amide bonds. The van der Waals surface area contributed by atoms with Crippen LogP contribution in [0.2, 0.25) is 0 Å². The van der Waals surface area contributed by atoms with E-state index in [1.54, 1.807) is 7.11 Å². The van der Waals surface area contributed by atoms with E-state index in [4.69, 9.17) is 10.5 Å². The average molecular weight is 269 g/mol. The Morgan fingerprint density at radius 2 is 1.30 bits per heavy atom. The molecule has 0 aliphatic heterocycles. The maximum atomic E-state index is 6.67. The minimum absolute atomic E-state index is 0.265. The lowest BCUT2D eigenvalue weighted by atomic mass is 9.83. The Labute approximate surface area is 121 Å². The summed E-state index contributed by atoms with van der Waals surface area (Å²) in [4.78, 5) is 0. The van der Waals surface area contributed by atoms with Crippen molar-refractivity contribution in [2.45, 2.75) is 24.8 Å². The summed E-state index contributed by atoms with van der Waals surface area (Å²) in [5, 5.41) is 0. The molecule has 0 spiro atoms. The fourth-order valence-electron chi connectivity index (χ4n) is 2.55. The number of methoxy groups -OCH3 is 1. The van der Waals surface area contributed by atoms with Gasteiger partial charge in [0.1, 0.15) is 0 Å². The minimum Gasteiger partial charge on any atom is -0.385 e. The Hall–Kier alpha value is -1.64. The predicted octanol–water partition coefficient (Wildman–Crippen LogP) is 3.21. The van der Waals surface area contributed by atoms with Crippen LogP contribution >= 0.6 is 0 Å². The van der Waals surface area contributed by atoms with Crippen LogP contribution in [0, 0.1) is 0 Å². The monoisotopic (exact) mass is 269 g/mol. The van der Waals surface area contributed by atoms with Crippen LogP contribution in [0.25, 0.3) is 0 Å². The number of ether oxygens (including phenoxy) is 1. The van der Waals surface area contributed by atoms with Gasteiger partial charge in [-0.1, -0.05) is 60.7 Å². The molecule has 20 heavy (non-hydrogen) atoms. The highest BCUT2D eigenvalue weighted by Gasteiger charge is 2.25. The van der Waals surface area contributed by atoms with E-state index in [-0.39, 0.29) is 5.54 Å². The van der Waals surface area contributed by atoms with Gasteiger partial charge < -0.3 is 10.5 Å². The highest BCUT2D eigenvalue weighted by Crippen LogP contribution is 2.20. The van der Waals surface area contributed by atoms with E-state index in [2.05, 4.69) is 48.5 Å². The van der Waals surface area contributed by atoms with E-state index in [0.29, 0.717) is 6.61 Å². The first-order valence-corrected chi connectivity index (χ1v) is 7.07. The number of nitrogens with two attached hydrogens (primary N) is 1. The van der Waals surface area contributed by atoms with Crippen LogP contribution < -0.4 is 5.73 Å². The molecule has 0 atom stereocenters. The molecule has 106 valence electrons. The number of benzene rings is 2. The molecule has 0 aliphatic carbocycles. The molecule has 0 saturated carbocycles. The Morgan fingerprint density at radius 3 is 1.70 bits per heavy atom. The molecule has 0 bridgehead atoms. The van der Waals surface area contributed by atoms with Crippen LogP contribution in [0.15, 0.2) is 60.7 Å². The first-order chi connectivity index (χ1) is 9.72. The Balaban J connectivity index is 2.12.